The lowest BCUT2D eigenvalue weighted by atomic mass is 10.2. The highest BCUT2D eigenvalue weighted by atomic mass is 32.2. The Labute approximate surface area is 157 Å². The van der Waals surface area contributed by atoms with Crippen LogP contribution < -0.4 is 19.5 Å². The van der Waals surface area contributed by atoms with E-state index in [1.165, 1.54) is 0 Å². The molecule has 0 amide bonds. The van der Waals surface area contributed by atoms with E-state index in [1.54, 1.807) is 24.3 Å². The van der Waals surface area contributed by atoms with Gasteiger partial charge in [-0.2, -0.15) is 0 Å². The summed E-state index contributed by atoms with van der Waals surface area (Å²) in [5.74, 6) is 1.74. The highest BCUT2D eigenvalue weighted by molar-refractivity contribution is 7.90. The third-order valence-electron chi connectivity index (χ3n) is 4.30. The molecule has 2 N–H and O–H groups in total. The van der Waals surface area contributed by atoms with Crippen LogP contribution in [0, 0.1) is 6.92 Å². The Morgan fingerprint density at radius 2 is 1.93 bits per heavy atom. The molecule has 0 saturated heterocycles. The molecule has 0 radical (unpaired) electrons. The second-order valence-electron chi connectivity index (χ2n) is 6.42. The van der Waals surface area contributed by atoms with Crippen molar-refractivity contribution >= 4 is 16.0 Å². The van der Waals surface area contributed by atoms with E-state index in [9.17, 15) is 8.42 Å². The average molecular weight is 388 g/mol. The van der Waals surface area contributed by atoms with Crippen LogP contribution in [0.5, 0.6) is 11.5 Å². The molecule has 4 rings (SSSR count). The van der Waals surface area contributed by atoms with E-state index in [2.05, 4.69) is 15.0 Å². The zero-order chi connectivity index (χ0) is 18.9. The summed E-state index contributed by atoms with van der Waals surface area (Å²) in [5, 5.41) is 3.01. The van der Waals surface area contributed by atoms with Crippen molar-refractivity contribution in [3.8, 4) is 11.5 Å². The fraction of sp³-hybridized carbons (Fsp3) is 0.278. The fourth-order valence-corrected chi connectivity index (χ4v) is 3.84. The Kier molecular flexibility index (Phi) is 4.63. The number of aliphatic imine (C=N–C) groups is 1. The highest BCUT2D eigenvalue weighted by Crippen LogP contribution is 2.32. The lowest BCUT2D eigenvalue weighted by molar-refractivity contribution is 0.174. The number of nitrogens with zero attached hydrogens (tertiary/aromatic N) is 2. The smallest absolute Gasteiger partial charge is 0.264 e. The van der Waals surface area contributed by atoms with Crippen LogP contribution in [-0.2, 0) is 16.6 Å². The Hall–Kier alpha value is -2.78. The first-order valence-corrected chi connectivity index (χ1v) is 9.97. The Balaban J connectivity index is 1.37. The van der Waals surface area contributed by atoms with Crippen LogP contribution in [0.4, 0.5) is 0 Å². The molecule has 0 atom stereocenters. The number of guanidine groups is 1. The summed E-state index contributed by atoms with van der Waals surface area (Å²) in [5.41, 5.74) is 2.07. The van der Waals surface area contributed by atoms with E-state index in [0.29, 0.717) is 19.9 Å². The Bertz CT molecular complexity index is 973. The van der Waals surface area contributed by atoms with E-state index in [0.717, 1.165) is 22.6 Å². The maximum absolute atomic E-state index is 12.4. The van der Waals surface area contributed by atoms with Crippen LogP contribution in [0.1, 0.15) is 11.1 Å². The van der Waals surface area contributed by atoms with Crippen molar-refractivity contribution < 1.29 is 17.9 Å². The zero-order valence-electron chi connectivity index (χ0n) is 14.8. The minimum Gasteiger partial charge on any atom is -0.454 e. The van der Waals surface area contributed by atoms with Gasteiger partial charge in [-0.1, -0.05) is 23.8 Å². The van der Waals surface area contributed by atoms with Crippen molar-refractivity contribution in [3.63, 3.8) is 0 Å². The number of fused-ring (bicyclic) bond motifs is 1. The van der Waals surface area contributed by atoms with Crippen molar-refractivity contribution in [3.05, 3.63) is 53.6 Å². The average Bonchev–Trinajstić information content (AvgIpc) is 3.11. The molecule has 2 aromatic rings. The van der Waals surface area contributed by atoms with Gasteiger partial charge in [-0.3, -0.25) is 4.90 Å². The van der Waals surface area contributed by atoms with Gasteiger partial charge in [0.2, 0.25) is 12.8 Å². The van der Waals surface area contributed by atoms with Gasteiger partial charge >= 0.3 is 0 Å². The number of hydrogen-bond donors (Lipinski definition) is 2. The molecule has 2 aromatic carbocycles. The van der Waals surface area contributed by atoms with E-state index in [1.807, 2.05) is 30.0 Å². The standard InChI is InChI=1S/C18H20N4O4S/c1-13-2-5-15(6-3-13)27(23,24)21-18-19-10-22(11-20-18)9-14-4-7-16-17(8-14)26-12-25-16/h2-8H,9-12H2,1H3,(H2,19,20,21). The predicted octanol–water partition coefficient (Wildman–Crippen LogP) is 1.38. The van der Waals surface area contributed by atoms with Gasteiger partial charge in [0.25, 0.3) is 10.0 Å². The van der Waals surface area contributed by atoms with Crippen LogP contribution in [0.3, 0.4) is 0 Å². The summed E-state index contributed by atoms with van der Waals surface area (Å²) in [6.07, 6.45) is 0. The topological polar surface area (TPSA) is 92.3 Å². The molecule has 0 unspecified atom stereocenters. The van der Waals surface area contributed by atoms with Crippen LogP contribution in [0.2, 0.25) is 0 Å². The van der Waals surface area contributed by atoms with Gasteiger partial charge < -0.3 is 14.8 Å². The van der Waals surface area contributed by atoms with Gasteiger partial charge in [0.15, 0.2) is 11.5 Å². The molecule has 2 heterocycles. The number of rotatable bonds is 4. The summed E-state index contributed by atoms with van der Waals surface area (Å²) in [6.45, 7) is 3.67. The molecule has 0 fully saturated rings. The maximum atomic E-state index is 12.4. The van der Waals surface area contributed by atoms with E-state index < -0.39 is 10.0 Å². The predicted molar refractivity (Wildman–Crippen MR) is 99.9 cm³/mol. The number of nitrogens with one attached hydrogen (secondary N) is 2. The lowest BCUT2D eigenvalue weighted by Crippen LogP contribution is -2.49. The molecular weight excluding hydrogens is 368 g/mol. The van der Waals surface area contributed by atoms with E-state index >= 15 is 0 Å². The van der Waals surface area contributed by atoms with Gasteiger partial charge in [0, 0.05) is 6.54 Å². The van der Waals surface area contributed by atoms with Gasteiger partial charge in [-0.25, -0.2) is 18.1 Å². The van der Waals surface area contributed by atoms with Crippen molar-refractivity contribution in [1.82, 2.24) is 14.9 Å². The second kappa shape index (κ2) is 7.09. The van der Waals surface area contributed by atoms with Gasteiger partial charge in [0.1, 0.15) is 0 Å². The maximum Gasteiger partial charge on any atom is 0.264 e. The summed E-state index contributed by atoms with van der Waals surface area (Å²) in [4.78, 5) is 6.54. The Morgan fingerprint density at radius 3 is 2.67 bits per heavy atom. The van der Waals surface area contributed by atoms with E-state index in [4.69, 9.17) is 9.47 Å². The van der Waals surface area contributed by atoms with Crippen LogP contribution in [-0.4, -0.2) is 39.4 Å². The minimum atomic E-state index is -3.65. The monoisotopic (exact) mass is 388 g/mol. The Morgan fingerprint density at radius 1 is 1.15 bits per heavy atom. The third kappa shape index (κ3) is 3.99. The first-order valence-electron chi connectivity index (χ1n) is 8.48. The highest BCUT2D eigenvalue weighted by Gasteiger charge is 2.20. The van der Waals surface area contributed by atoms with Crippen LogP contribution in [0.15, 0.2) is 52.4 Å². The van der Waals surface area contributed by atoms with Gasteiger partial charge in [0.05, 0.1) is 18.2 Å². The lowest BCUT2D eigenvalue weighted by Gasteiger charge is -2.27. The third-order valence-corrected chi connectivity index (χ3v) is 5.66. The van der Waals surface area contributed by atoms with Gasteiger partial charge in [-0.05, 0) is 36.8 Å². The molecule has 2 aliphatic heterocycles. The molecule has 0 saturated carbocycles. The molecular formula is C18H20N4O4S. The molecule has 2 aliphatic rings. The largest absolute Gasteiger partial charge is 0.454 e. The molecule has 0 bridgehead atoms. The molecule has 27 heavy (non-hydrogen) atoms. The number of sulfonamides is 1. The summed E-state index contributed by atoms with van der Waals surface area (Å²) < 4.78 is 38.0. The summed E-state index contributed by atoms with van der Waals surface area (Å²) in [6, 6.07) is 12.5. The zero-order valence-corrected chi connectivity index (χ0v) is 15.6. The first kappa shape index (κ1) is 17.6. The quantitative estimate of drug-likeness (QED) is 0.822. The first-order chi connectivity index (χ1) is 13.0. The molecule has 0 aromatic heterocycles. The van der Waals surface area contributed by atoms with Gasteiger partial charge in [-0.15, -0.1) is 0 Å². The minimum absolute atomic E-state index is 0.209. The summed E-state index contributed by atoms with van der Waals surface area (Å²) >= 11 is 0. The molecule has 0 aliphatic carbocycles. The number of aryl methyl sites for hydroxylation is 1. The normalized spacial score (nSPS) is 16.6. The van der Waals surface area contributed by atoms with Crippen molar-refractivity contribution in [2.75, 3.05) is 20.1 Å². The number of benzene rings is 2. The van der Waals surface area contributed by atoms with Crippen LogP contribution in [0.25, 0.3) is 0 Å². The molecule has 142 valence electrons. The summed E-state index contributed by atoms with van der Waals surface area (Å²) in [7, 11) is -3.65. The molecule has 8 nitrogen and oxygen atoms in total. The molecule has 9 heteroatoms. The molecule has 0 spiro atoms. The SMILES string of the molecule is Cc1ccc(S(=O)(=O)NC2=NCN(Cc3ccc4c(c3)OCO4)CN2)cc1. The van der Waals surface area contributed by atoms with Crippen molar-refractivity contribution in [1.29, 1.82) is 0 Å². The fourth-order valence-electron chi connectivity index (χ4n) is 2.84. The number of hydrogen-bond acceptors (Lipinski definition) is 7. The number of ether oxygens (including phenoxy) is 2. The van der Waals surface area contributed by atoms with Crippen molar-refractivity contribution in [2.24, 2.45) is 4.99 Å². The second-order valence-corrected chi connectivity index (χ2v) is 8.10. The van der Waals surface area contributed by atoms with Crippen LogP contribution >= 0.6 is 0 Å². The van der Waals surface area contributed by atoms with E-state index in [-0.39, 0.29) is 17.6 Å². The van der Waals surface area contributed by atoms with Crippen molar-refractivity contribution in [2.45, 2.75) is 18.4 Å².